The Morgan fingerprint density at radius 1 is 0.921 bits per heavy atom. The number of carboxylic acid groups (broad SMARTS) is 1. The van der Waals surface area contributed by atoms with E-state index in [1.807, 2.05) is 56.3 Å². The van der Waals surface area contributed by atoms with Crippen molar-refractivity contribution in [2.75, 3.05) is 13.2 Å². The number of carbonyl (C=O) groups is 2. The number of aliphatic carboxylic acids is 1. The largest absolute Gasteiger partial charge is 0.493 e. The molecule has 0 fully saturated rings. The molecule has 8 heteroatoms. The number of hydrogen-bond donors (Lipinski definition) is 1. The van der Waals surface area contributed by atoms with E-state index in [9.17, 15) is 14.7 Å². The molecule has 0 bridgehead atoms. The molecule has 0 atom stereocenters. The van der Waals surface area contributed by atoms with E-state index in [0.717, 1.165) is 33.0 Å². The smallest absolute Gasteiger partial charge is 0.416 e. The summed E-state index contributed by atoms with van der Waals surface area (Å²) in [7, 11) is 0. The Bertz CT molecular complexity index is 1330. The summed E-state index contributed by atoms with van der Waals surface area (Å²) in [4.78, 5) is 29.6. The second-order valence-corrected chi connectivity index (χ2v) is 8.56. The van der Waals surface area contributed by atoms with Crippen molar-refractivity contribution in [2.45, 2.75) is 34.2 Å². The quantitative estimate of drug-likeness (QED) is 0.264. The molecule has 3 aromatic carbocycles. The Morgan fingerprint density at radius 2 is 1.58 bits per heavy atom. The maximum atomic E-state index is 12.6. The van der Waals surface area contributed by atoms with Gasteiger partial charge in [-0.2, -0.15) is 0 Å². The summed E-state index contributed by atoms with van der Waals surface area (Å²) >= 11 is 0. The zero-order valence-corrected chi connectivity index (χ0v) is 20.7. The van der Waals surface area contributed by atoms with Gasteiger partial charge in [-0.05, 0) is 55.8 Å². The lowest BCUT2D eigenvalue weighted by molar-refractivity contribution is -0.138. The predicted molar refractivity (Wildman–Crippen MR) is 144 cm³/mol. The summed E-state index contributed by atoms with van der Waals surface area (Å²) in [6.07, 6.45) is -0.148. The summed E-state index contributed by atoms with van der Waals surface area (Å²) in [5.74, 6) is 1.23. The van der Waals surface area contributed by atoms with Crippen molar-refractivity contribution in [2.24, 2.45) is 0 Å². The first kappa shape index (κ1) is 28.0. The van der Waals surface area contributed by atoms with Gasteiger partial charge >= 0.3 is 12.1 Å². The normalized spacial score (nSPS) is 10.4. The Kier molecular flexibility index (Phi) is 9.65. The Morgan fingerprint density at radius 3 is 2.24 bits per heavy atom. The third kappa shape index (κ3) is 7.70. The van der Waals surface area contributed by atoms with Crippen LogP contribution in [0.2, 0.25) is 0 Å². The molecule has 0 aliphatic rings. The van der Waals surface area contributed by atoms with Crippen molar-refractivity contribution < 1.29 is 28.6 Å². The van der Waals surface area contributed by atoms with E-state index in [1.54, 1.807) is 36.4 Å². The molecule has 0 unspecified atom stereocenters. The van der Waals surface area contributed by atoms with Crippen LogP contribution < -0.4 is 9.47 Å². The third-order valence-electron chi connectivity index (χ3n) is 5.63. The van der Waals surface area contributed by atoms with Crippen LogP contribution >= 0.6 is 0 Å². The van der Waals surface area contributed by atoms with Gasteiger partial charge in [0, 0.05) is 18.5 Å². The van der Waals surface area contributed by atoms with Crippen LogP contribution in [0.15, 0.2) is 83.3 Å². The molecule has 1 N–H and O–H groups in total. The van der Waals surface area contributed by atoms with Gasteiger partial charge in [0.15, 0.2) is 0 Å². The van der Waals surface area contributed by atoms with E-state index >= 15 is 0 Å². The lowest BCUT2D eigenvalue weighted by Gasteiger charge is -2.20. The number of oxazole rings is 1. The minimum atomic E-state index is -1.13. The molecule has 1 amide bonds. The van der Waals surface area contributed by atoms with Crippen molar-refractivity contribution in [1.29, 1.82) is 0 Å². The molecule has 1 heterocycles. The molecule has 8 nitrogen and oxygen atoms in total. The highest BCUT2D eigenvalue weighted by Gasteiger charge is 2.19. The van der Waals surface area contributed by atoms with Gasteiger partial charge in [-0.3, -0.25) is 9.69 Å². The lowest BCUT2D eigenvalue weighted by atomic mass is 10.2. The number of aromatic nitrogens is 1. The van der Waals surface area contributed by atoms with E-state index in [4.69, 9.17) is 13.9 Å². The van der Waals surface area contributed by atoms with Crippen LogP contribution in [-0.4, -0.2) is 40.2 Å². The van der Waals surface area contributed by atoms with Crippen LogP contribution in [0.3, 0.4) is 0 Å². The number of carbonyl (C=O) groups excluding carboxylic acids is 1. The molecule has 0 aliphatic heterocycles. The number of hydrogen-bond acceptors (Lipinski definition) is 6. The molecule has 38 heavy (non-hydrogen) atoms. The molecule has 1 aromatic heterocycles. The Labute approximate surface area is 222 Å². The zero-order chi connectivity index (χ0) is 26.2. The fourth-order valence-corrected chi connectivity index (χ4v) is 3.66. The fourth-order valence-electron chi connectivity index (χ4n) is 3.66. The van der Waals surface area contributed by atoms with Gasteiger partial charge in [-0.25, -0.2) is 9.78 Å². The molecule has 4 rings (SSSR count). The van der Waals surface area contributed by atoms with Gasteiger partial charge in [0.05, 0.1) is 12.3 Å². The number of rotatable bonds is 10. The van der Waals surface area contributed by atoms with Crippen molar-refractivity contribution in [1.82, 2.24) is 9.88 Å². The van der Waals surface area contributed by atoms with Gasteiger partial charge in [0.25, 0.3) is 0 Å². The summed E-state index contributed by atoms with van der Waals surface area (Å²) in [6.45, 7) is 3.82. The average molecular weight is 517 g/mol. The molecular weight excluding hydrogens is 484 g/mol. The molecular formula is C30H32N2O6. The summed E-state index contributed by atoms with van der Waals surface area (Å²) in [5, 5.41) is 9.25. The Balaban J connectivity index is 0.00000400. The van der Waals surface area contributed by atoms with Gasteiger partial charge in [0.2, 0.25) is 5.89 Å². The molecule has 198 valence electrons. The highest BCUT2D eigenvalue weighted by atomic mass is 16.6. The van der Waals surface area contributed by atoms with Gasteiger partial charge in [-0.15, -0.1) is 0 Å². The lowest BCUT2D eigenvalue weighted by Crippen LogP contribution is -2.37. The molecule has 0 radical (unpaired) electrons. The topological polar surface area (TPSA) is 102 Å². The maximum absolute atomic E-state index is 12.6. The standard InChI is InChI=1S/C29H28N2O6.CH4/c1-20-8-12-25(13-9-20)37-29(34)31(19-27(32)33)18-22-10-14-24(15-11-22)35-17-16-26-21(2)36-28(30-26)23-6-4-3-5-7-23;/h3-15H,16-19H2,1-2H3,(H,32,33);1H4. The molecule has 0 saturated carbocycles. The van der Waals surface area contributed by atoms with Gasteiger partial charge in [-0.1, -0.05) is 55.5 Å². The Hall–Kier alpha value is -4.59. The number of carboxylic acids is 1. The number of benzene rings is 3. The van der Waals surface area contributed by atoms with Gasteiger partial charge in [0.1, 0.15) is 23.8 Å². The van der Waals surface area contributed by atoms with E-state index < -0.39 is 18.6 Å². The van der Waals surface area contributed by atoms with Crippen LogP contribution in [0.25, 0.3) is 11.5 Å². The predicted octanol–water partition coefficient (Wildman–Crippen LogP) is 6.30. The van der Waals surface area contributed by atoms with E-state index in [1.165, 1.54) is 0 Å². The SMILES string of the molecule is C.Cc1ccc(OC(=O)N(CC(=O)O)Cc2ccc(OCCc3nc(-c4ccccc4)oc3C)cc2)cc1. The van der Waals surface area contributed by atoms with Crippen molar-refractivity contribution >= 4 is 12.1 Å². The van der Waals surface area contributed by atoms with E-state index in [-0.39, 0.29) is 14.0 Å². The van der Waals surface area contributed by atoms with Crippen LogP contribution in [0.5, 0.6) is 11.5 Å². The van der Waals surface area contributed by atoms with Crippen LogP contribution in [0.1, 0.15) is 30.0 Å². The van der Waals surface area contributed by atoms with E-state index in [2.05, 4.69) is 4.98 Å². The highest BCUT2D eigenvalue weighted by molar-refractivity contribution is 5.78. The van der Waals surface area contributed by atoms with E-state index in [0.29, 0.717) is 30.4 Å². The average Bonchev–Trinajstić information content (AvgIpc) is 3.26. The second kappa shape index (κ2) is 13.1. The summed E-state index contributed by atoms with van der Waals surface area (Å²) < 4.78 is 17.0. The molecule has 4 aromatic rings. The summed E-state index contributed by atoms with van der Waals surface area (Å²) in [5.41, 5.74) is 3.53. The van der Waals surface area contributed by atoms with Crippen LogP contribution in [0, 0.1) is 13.8 Å². The second-order valence-electron chi connectivity index (χ2n) is 8.56. The fraction of sp³-hybridized carbons (Fsp3) is 0.233. The first-order valence-corrected chi connectivity index (χ1v) is 11.9. The molecule has 0 saturated heterocycles. The number of ether oxygens (including phenoxy) is 2. The molecule has 0 aliphatic carbocycles. The van der Waals surface area contributed by atoms with Crippen molar-refractivity contribution in [3.05, 3.63) is 101 Å². The van der Waals surface area contributed by atoms with Crippen LogP contribution in [-0.2, 0) is 17.8 Å². The van der Waals surface area contributed by atoms with Crippen molar-refractivity contribution in [3.63, 3.8) is 0 Å². The first-order chi connectivity index (χ1) is 17.9. The highest BCUT2D eigenvalue weighted by Crippen LogP contribution is 2.22. The van der Waals surface area contributed by atoms with Crippen LogP contribution in [0.4, 0.5) is 4.79 Å². The maximum Gasteiger partial charge on any atom is 0.416 e. The summed E-state index contributed by atoms with van der Waals surface area (Å²) in [6, 6.07) is 23.8. The zero-order valence-electron chi connectivity index (χ0n) is 20.7. The minimum Gasteiger partial charge on any atom is -0.493 e. The number of nitrogens with zero attached hydrogens (tertiary/aromatic N) is 2. The number of aryl methyl sites for hydroxylation is 2. The third-order valence-corrected chi connectivity index (χ3v) is 5.63. The minimum absolute atomic E-state index is 0. The number of amides is 1. The van der Waals surface area contributed by atoms with Gasteiger partial charge < -0.3 is 19.0 Å². The van der Waals surface area contributed by atoms with Crippen molar-refractivity contribution in [3.8, 4) is 23.0 Å². The first-order valence-electron chi connectivity index (χ1n) is 11.9. The molecule has 0 spiro atoms. The monoisotopic (exact) mass is 516 g/mol.